The van der Waals surface area contributed by atoms with Gasteiger partial charge in [0.05, 0.1) is 6.20 Å². The molecule has 0 saturated carbocycles. The number of carbonyl (C=O) groups excluding carboxylic acids is 1. The molecule has 0 aliphatic carbocycles. The number of carbonyl (C=O) groups is 1. The summed E-state index contributed by atoms with van der Waals surface area (Å²) < 4.78 is 1.73. The van der Waals surface area contributed by atoms with Crippen molar-refractivity contribution in [3.63, 3.8) is 0 Å². The Kier molecular flexibility index (Phi) is 5.87. The highest BCUT2D eigenvalue weighted by molar-refractivity contribution is 5.99. The molecule has 1 aliphatic heterocycles. The van der Waals surface area contributed by atoms with Crippen molar-refractivity contribution in [2.24, 2.45) is 0 Å². The lowest BCUT2D eigenvalue weighted by atomic mass is 10.0. The van der Waals surface area contributed by atoms with Crippen LogP contribution in [0.4, 0.5) is 0 Å². The number of hydrogen-bond donors (Lipinski definition) is 1. The second-order valence-corrected chi connectivity index (χ2v) is 7.42. The number of aromatic nitrogens is 3. The van der Waals surface area contributed by atoms with Crippen molar-refractivity contribution in [1.82, 2.24) is 29.7 Å². The van der Waals surface area contributed by atoms with Crippen LogP contribution in [0, 0.1) is 0 Å². The number of nitrogens with one attached hydrogen (secondary N) is 1. The molecule has 1 amide bonds. The Morgan fingerprint density at radius 1 is 1.21 bits per heavy atom. The summed E-state index contributed by atoms with van der Waals surface area (Å²) in [7, 11) is 0. The second-order valence-electron chi connectivity index (χ2n) is 7.42. The molecule has 4 rings (SSSR count). The molecule has 0 bridgehead atoms. The molecule has 1 aliphatic rings. The largest absolute Gasteiger partial charge is 0.335 e. The zero-order valence-corrected chi connectivity index (χ0v) is 17.1. The van der Waals surface area contributed by atoms with Gasteiger partial charge in [0.2, 0.25) is 0 Å². The molecule has 7 nitrogen and oxygen atoms in total. The van der Waals surface area contributed by atoms with Crippen LogP contribution in [0.5, 0.6) is 0 Å². The van der Waals surface area contributed by atoms with Crippen LogP contribution in [0.2, 0.25) is 0 Å². The summed E-state index contributed by atoms with van der Waals surface area (Å²) >= 11 is 0. The number of amides is 1. The van der Waals surface area contributed by atoms with E-state index in [4.69, 9.17) is 0 Å². The van der Waals surface area contributed by atoms with Crippen molar-refractivity contribution < 1.29 is 4.79 Å². The molecule has 29 heavy (non-hydrogen) atoms. The van der Waals surface area contributed by atoms with E-state index >= 15 is 0 Å². The van der Waals surface area contributed by atoms with E-state index in [0.29, 0.717) is 24.3 Å². The van der Waals surface area contributed by atoms with Gasteiger partial charge in [-0.1, -0.05) is 44.2 Å². The third-order valence-electron chi connectivity index (χ3n) is 5.61. The predicted octanol–water partition coefficient (Wildman–Crippen LogP) is 2.36. The quantitative estimate of drug-likeness (QED) is 0.698. The summed E-state index contributed by atoms with van der Waals surface area (Å²) in [5.41, 5.74) is 3.47. The first-order valence-electron chi connectivity index (χ1n) is 10.3. The normalized spacial score (nSPS) is 17.2. The van der Waals surface area contributed by atoms with E-state index in [2.05, 4.69) is 46.3 Å². The van der Waals surface area contributed by atoms with Crippen LogP contribution in [-0.2, 0) is 6.54 Å². The van der Waals surface area contributed by atoms with Crippen molar-refractivity contribution in [3.8, 4) is 0 Å². The molecule has 152 valence electrons. The third-order valence-corrected chi connectivity index (χ3v) is 5.61. The molecule has 0 spiro atoms. The Labute approximate surface area is 171 Å². The lowest BCUT2D eigenvalue weighted by Crippen LogP contribution is -2.48. The van der Waals surface area contributed by atoms with Crippen LogP contribution in [0.3, 0.4) is 0 Å². The number of benzene rings is 1. The van der Waals surface area contributed by atoms with E-state index in [1.54, 1.807) is 10.7 Å². The molecular weight excluding hydrogens is 364 g/mol. The average Bonchev–Trinajstić information content (AvgIpc) is 3.21. The summed E-state index contributed by atoms with van der Waals surface area (Å²) in [5, 5.41) is 7.91. The van der Waals surface area contributed by atoms with Crippen molar-refractivity contribution in [2.75, 3.05) is 32.7 Å². The maximum absolute atomic E-state index is 13.2. The van der Waals surface area contributed by atoms with Crippen LogP contribution in [-0.4, -0.2) is 63.0 Å². The molecule has 7 heteroatoms. The molecule has 1 aromatic carbocycles. The highest BCUT2D eigenvalue weighted by Gasteiger charge is 2.27. The van der Waals surface area contributed by atoms with Crippen molar-refractivity contribution in [3.05, 3.63) is 65.6 Å². The predicted molar refractivity (Wildman–Crippen MR) is 113 cm³/mol. The summed E-state index contributed by atoms with van der Waals surface area (Å²) in [5.74, 6) is -0.00794. The van der Waals surface area contributed by atoms with Gasteiger partial charge in [-0.2, -0.15) is 5.10 Å². The standard InChI is InChI=1S/C22H28N6O/c1-3-26(4-2)14-17-12-24-21-19(13-25-28(21)15-17)22(29)27-11-10-23-20(16-27)18-8-6-5-7-9-18/h5-9,12-13,15,20,23H,3-4,10-11,14,16H2,1-2H3. The second kappa shape index (κ2) is 8.71. The number of fused-ring (bicyclic) bond motifs is 1. The fourth-order valence-electron chi connectivity index (χ4n) is 3.86. The highest BCUT2D eigenvalue weighted by atomic mass is 16.2. The Morgan fingerprint density at radius 3 is 2.76 bits per heavy atom. The highest BCUT2D eigenvalue weighted by Crippen LogP contribution is 2.20. The maximum Gasteiger partial charge on any atom is 0.259 e. The molecule has 1 N–H and O–H groups in total. The minimum atomic E-state index is -0.00794. The van der Waals surface area contributed by atoms with Crippen LogP contribution in [0.15, 0.2) is 48.9 Å². The van der Waals surface area contributed by atoms with Crippen molar-refractivity contribution in [1.29, 1.82) is 0 Å². The van der Waals surface area contributed by atoms with E-state index in [1.165, 1.54) is 5.56 Å². The zero-order chi connectivity index (χ0) is 20.2. The van der Waals surface area contributed by atoms with Crippen LogP contribution in [0.25, 0.3) is 5.65 Å². The number of hydrogen-bond acceptors (Lipinski definition) is 5. The van der Waals surface area contributed by atoms with Gasteiger partial charge in [0.25, 0.3) is 5.91 Å². The van der Waals surface area contributed by atoms with Gasteiger partial charge in [-0.05, 0) is 18.7 Å². The Balaban J connectivity index is 1.52. The van der Waals surface area contributed by atoms with Gasteiger partial charge in [0.1, 0.15) is 5.56 Å². The van der Waals surface area contributed by atoms with Crippen molar-refractivity contribution in [2.45, 2.75) is 26.4 Å². The zero-order valence-electron chi connectivity index (χ0n) is 17.1. The van der Waals surface area contributed by atoms with Gasteiger partial charge in [0.15, 0.2) is 5.65 Å². The summed E-state index contributed by atoms with van der Waals surface area (Å²) in [6.07, 6.45) is 5.48. The summed E-state index contributed by atoms with van der Waals surface area (Å²) in [4.78, 5) is 22.0. The van der Waals surface area contributed by atoms with E-state index < -0.39 is 0 Å². The lowest BCUT2D eigenvalue weighted by Gasteiger charge is -2.33. The molecule has 1 saturated heterocycles. The van der Waals surface area contributed by atoms with Gasteiger partial charge in [-0.15, -0.1) is 0 Å². The Bertz CT molecular complexity index is 966. The third kappa shape index (κ3) is 4.16. The fraction of sp³-hybridized carbons (Fsp3) is 0.409. The van der Waals surface area contributed by atoms with Crippen LogP contribution < -0.4 is 5.32 Å². The molecule has 1 unspecified atom stereocenters. The van der Waals surface area contributed by atoms with Gasteiger partial charge >= 0.3 is 0 Å². The van der Waals surface area contributed by atoms with E-state index in [9.17, 15) is 4.79 Å². The molecule has 1 fully saturated rings. The fourth-order valence-corrected chi connectivity index (χ4v) is 3.86. The van der Waals surface area contributed by atoms with Crippen molar-refractivity contribution >= 4 is 11.6 Å². The first kappa shape index (κ1) is 19.5. The van der Waals surface area contributed by atoms with Gasteiger partial charge in [0, 0.05) is 50.2 Å². The SMILES string of the molecule is CCN(CC)Cc1cnc2c(C(=O)N3CCNC(c4ccccc4)C3)cnn2c1. The first-order valence-corrected chi connectivity index (χ1v) is 10.3. The molecule has 3 heterocycles. The first-order chi connectivity index (χ1) is 14.2. The van der Waals surface area contributed by atoms with Gasteiger partial charge in [-0.3, -0.25) is 9.69 Å². The lowest BCUT2D eigenvalue weighted by molar-refractivity contribution is 0.0704. The molecule has 1 atom stereocenters. The van der Waals surface area contributed by atoms with Crippen LogP contribution in [0.1, 0.15) is 41.4 Å². The summed E-state index contributed by atoms with van der Waals surface area (Å²) in [6.45, 7) is 9.19. The topological polar surface area (TPSA) is 65.8 Å². The van der Waals surface area contributed by atoms with E-state index in [1.807, 2.05) is 35.5 Å². The Morgan fingerprint density at radius 2 is 2.00 bits per heavy atom. The monoisotopic (exact) mass is 392 g/mol. The number of nitrogens with zero attached hydrogens (tertiary/aromatic N) is 5. The minimum absolute atomic E-state index is 0.00794. The molecule has 2 aromatic heterocycles. The molecule has 3 aromatic rings. The molecule has 0 radical (unpaired) electrons. The van der Waals surface area contributed by atoms with Crippen LogP contribution >= 0.6 is 0 Å². The molecular formula is C22H28N6O. The number of piperazine rings is 1. The van der Waals surface area contributed by atoms with E-state index in [-0.39, 0.29) is 11.9 Å². The number of rotatable bonds is 6. The van der Waals surface area contributed by atoms with Gasteiger partial charge < -0.3 is 10.2 Å². The maximum atomic E-state index is 13.2. The smallest absolute Gasteiger partial charge is 0.259 e. The average molecular weight is 393 g/mol. The minimum Gasteiger partial charge on any atom is -0.335 e. The van der Waals surface area contributed by atoms with E-state index in [0.717, 1.165) is 31.7 Å². The summed E-state index contributed by atoms with van der Waals surface area (Å²) in [6, 6.07) is 10.4. The van der Waals surface area contributed by atoms with Gasteiger partial charge in [-0.25, -0.2) is 9.50 Å². The Hall–Kier alpha value is -2.77.